The topological polar surface area (TPSA) is 41.9 Å². The molecule has 4 nitrogen and oxygen atoms in total. The van der Waals surface area contributed by atoms with Crippen LogP contribution >= 0.6 is 11.3 Å². The van der Waals surface area contributed by atoms with Crippen LogP contribution in [-0.2, 0) is 22.6 Å². The summed E-state index contributed by atoms with van der Waals surface area (Å²) in [5, 5.41) is 12.4. The highest BCUT2D eigenvalue weighted by molar-refractivity contribution is 7.09. The summed E-state index contributed by atoms with van der Waals surface area (Å²) in [4.78, 5) is 3.49. The van der Waals surface area contributed by atoms with Gasteiger partial charge in [-0.1, -0.05) is 24.3 Å². The molecular formula is C20H26FNO3S. The quantitative estimate of drug-likeness (QED) is 0.687. The number of hydrogen-bond acceptors (Lipinski definition) is 5. The lowest BCUT2D eigenvalue weighted by Crippen LogP contribution is -2.38. The Morgan fingerprint density at radius 2 is 2.19 bits per heavy atom. The first-order chi connectivity index (χ1) is 12.7. The summed E-state index contributed by atoms with van der Waals surface area (Å²) in [6.45, 7) is 3.28. The van der Waals surface area contributed by atoms with Crippen LogP contribution in [0.15, 0.2) is 41.8 Å². The fourth-order valence-corrected chi connectivity index (χ4v) is 3.92. The van der Waals surface area contributed by atoms with Gasteiger partial charge in [0, 0.05) is 36.7 Å². The predicted molar refractivity (Wildman–Crippen MR) is 101 cm³/mol. The zero-order chi connectivity index (χ0) is 18.2. The maximum atomic E-state index is 13.6. The van der Waals surface area contributed by atoms with Gasteiger partial charge in [0.1, 0.15) is 5.82 Å². The second-order valence-corrected chi connectivity index (χ2v) is 7.70. The first-order valence-electron chi connectivity index (χ1n) is 9.06. The Bertz CT molecular complexity index is 646. The predicted octanol–water partition coefficient (Wildman–Crippen LogP) is 3.45. The van der Waals surface area contributed by atoms with Crippen LogP contribution in [0, 0.1) is 5.82 Å². The van der Waals surface area contributed by atoms with Crippen molar-refractivity contribution in [3.8, 4) is 0 Å². The van der Waals surface area contributed by atoms with Gasteiger partial charge < -0.3 is 14.6 Å². The van der Waals surface area contributed by atoms with Crippen LogP contribution in [0.2, 0.25) is 0 Å². The van der Waals surface area contributed by atoms with Crippen molar-refractivity contribution in [2.75, 3.05) is 26.3 Å². The number of thiophene rings is 1. The van der Waals surface area contributed by atoms with Crippen molar-refractivity contribution in [2.45, 2.75) is 38.2 Å². The van der Waals surface area contributed by atoms with Gasteiger partial charge in [0.05, 0.1) is 25.4 Å². The van der Waals surface area contributed by atoms with Crippen molar-refractivity contribution in [1.82, 2.24) is 4.90 Å². The first kappa shape index (κ1) is 19.5. The highest BCUT2D eigenvalue weighted by atomic mass is 32.1. The molecular weight excluding hydrogens is 353 g/mol. The maximum Gasteiger partial charge on any atom is 0.128 e. The number of hydrogen-bond donors (Lipinski definition) is 1. The third-order valence-corrected chi connectivity index (χ3v) is 5.30. The molecule has 6 heteroatoms. The molecule has 1 N–H and O–H groups in total. The van der Waals surface area contributed by atoms with Crippen molar-refractivity contribution in [1.29, 1.82) is 0 Å². The van der Waals surface area contributed by atoms with Crippen molar-refractivity contribution >= 4 is 11.3 Å². The lowest BCUT2D eigenvalue weighted by atomic mass is 10.2. The molecule has 26 heavy (non-hydrogen) atoms. The molecule has 2 heterocycles. The molecule has 2 aromatic rings. The summed E-state index contributed by atoms with van der Waals surface area (Å²) < 4.78 is 24.9. The number of ether oxygens (including phenoxy) is 2. The molecule has 1 aromatic carbocycles. The maximum absolute atomic E-state index is 13.6. The normalized spacial score (nSPS) is 18.5. The molecule has 0 bridgehead atoms. The number of aliphatic hydroxyl groups excluding tert-OH is 1. The molecule has 2 unspecified atom stereocenters. The van der Waals surface area contributed by atoms with Gasteiger partial charge in [-0.2, -0.15) is 0 Å². The molecule has 1 saturated heterocycles. The van der Waals surface area contributed by atoms with Gasteiger partial charge in [0.15, 0.2) is 0 Å². The van der Waals surface area contributed by atoms with E-state index in [1.165, 1.54) is 10.9 Å². The third-order valence-electron chi connectivity index (χ3n) is 4.44. The van der Waals surface area contributed by atoms with E-state index in [9.17, 15) is 9.50 Å². The minimum atomic E-state index is -0.622. The lowest BCUT2D eigenvalue weighted by molar-refractivity contribution is -0.00321. The Morgan fingerprint density at radius 3 is 2.92 bits per heavy atom. The molecule has 3 rings (SSSR count). The Morgan fingerprint density at radius 1 is 1.31 bits per heavy atom. The zero-order valence-electron chi connectivity index (χ0n) is 14.9. The van der Waals surface area contributed by atoms with Crippen LogP contribution in [0.25, 0.3) is 0 Å². The monoisotopic (exact) mass is 379 g/mol. The summed E-state index contributed by atoms with van der Waals surface area (Å²) >= 11 is 1.72. The minimum Gasteiger partial charge on any atom is -0.389 e. The van der Waals surface area contributed by atoms with Crippen molar-refractivity contribution < 1.29 is 19.0 Å². The molecule has 1 fully saturated rings. The third kappa shape index (κ3) is 6.14. The Hall–Kier alpha value is -1.31. The zero-order valence-corrected chi connectivity index (χ0v) is 15.7. The Labute approximate surface area is 158 Å². The van der Waals surface area contributed by atoms with E-state index in [1.807, 2.05) is 6.07 Å². The van der Waals surface area contributed by atoms with Crippen LogP contribution in [0.1, 0.15) is 23.3 Å². The molecule has 0 saturated carbocycles. The number of benzene rings is 1. The van der Waals surface area contributed by atoms with E-state index in [2.05, 4.69) is 16.3 Å². The lowest BCUT2D eigenvalue weighted by Gasteiger charge is -2.27. The fourth-order valence-electron chi connectivity index (χ4n) is 3.17. The van der Waals surface area contributed by atoms with Gasteiger partial charge in [-0.05, 0) is 30.4 Å². The van der Waals surface area contributed by atoms with E-state index in [0.29, 0.717) is 12.1 Å². The first-order valence-corrected chi connectivity index (χ1v) is 9.94. The van der Waals surface area contributed by atoms with Gasteiger partial charge >= 0.3 is 0 Å². The number of aliphatic hydroxyl groups is 1. The number of rotatable bonds is 10. The molecule has 1 aromatic heterocycles. The molecule has 0 spiro atoms. The summed E-state index contributed by atoms with van der Waals surface area (Å²) in [6.07, 6.45) is 1.79. The molecule has 1 aliphatic rings. The van der Waals surface area contributed by atoms with Gasteiger partial charge in [0.25, 0.3) is 0 Å². The summed E-state index contributed by atoms with van der Waals surface area (Å²) in [5.74, 6) is -0.278. The standard InChI is InChI=1S/C20H26FNO3S/c21-20-8-2-1-5-16(20)14-24-15-17(23)11-22(12-18-6-3-9-25-18)13-19-7-4-10-26-19/h1-2,4-5,7-8,10,17-18,23H,3,6,9,11-15H2. The van der Waals surface area contributed by atoms with E-state index >= 15 is 0 Å². The van der Waals surface area contributed by atoms with Crippen LogP contribution in [0.4, 0.5) is 4.39 Å². The molecule has 2 atom stereocenters. The van der Waals surface area contributed by atoms with Crippen molar-refractivity contribution in [2.24, 2.45) is 0 Å². The Kier molecular flexibility index (Phi) is 7.58. The smallest absolute Gasteiger partial charge is 0.128 e. The van der Waals surface area contributed by atoms with E-state index < -0.39 is 6.10 Å². The van der Waals surface area contributed by atoms with E-state index in [1.54, 1.807) is 29.5 Å². The highest BCUT2D eigenvalue weighted by Crippen LogP contribution is 2.17. The second kappa shape index (κ2) is 10.1. The van der Waals surface area contributed by atoms with Crippen molar-refractivity contribution in [3.63, 3.8) is 0 Å². The summed E-state index contributed by atoms with van der Waals surface area (Å²) in [7, 11) is 0. The van der Waals surface area contributed by atoms with Crippen LogP contribution in [0.5, 0.6) is 0 Å². The Balaban J connectivity index is 1.47. The molecule has 0 radical (unpaired) electrons. The number of halogens is 1. The van der Waals surface area contributed by atoms with E-state index in [4.69, 9.17) is 9.47 Å². The number of nitrogens with zero attached hydrogens (tertiary/aromatic N) is 1. The van der Waals surface area contributed by atoms with Gasteiger partial charge in [-0.15, -0.1) is 11.3 Å². The van der Waals surface area contributed by atoms with E-state index in [-0.39, 0.29) is 25.1 Å². The SMILES string of the molecule is OC(COCc1ccccc1F)CN(Cc1cccs1)CC1CCCO1. The van der Waals surface area contributed by atoms with E-state index in [0.717, 1.165) is 32.5 Å². The van der Waals surface area contributed by atoms with Crippen molar-refractivity contribution in [3.05, 3.63) is 58.0 Å². The molecule has 1 aliphatic heterocycles. The molecule has 0 amide bonds. The highest BCUT2D eigenvalue weighted by Gasteiger charge is 2.21. The summed E-state index contributed by atoms with van der Waals surface area (Å²) in [5.41, 5.74) is 0.509. The van der Waals surface area contributed by atoms with Gasteiger partial charge in [0.2, 0.25) is 0 Å². The average Bonchev–Trinajstić information content (AvgIpc) is 3.30. The van der Waals surface area contributed by atoms with Crippen LogP contribution in [0.3, 0.4) is 0 Å². The van der Waals surface area contributed by atoms with Crippen LogP contribution < -0.4 is 0 Å². The molecule has 0 aliphatic carbocycles. The summed E-state index contributed by atoms with van der Waals surface area (Å²) in [6, 6.07) is 10.7. The average molecular weight is 379 g/mol. The molecule has 142 valence electrons. The minimum absolute atomic E-state index is 0.167. The van der Waals surface area contributed by atoms with Gasteiger partial charge in [-0.3, -0.25) is 4.90 Å². The second-order valence-electron chi connectivity index (χ2n) is 6.67. The van der Waals surface area contributed by atoms with Gasteiger partial charge in [-0.25, -0.2) is 4.39 Å². The fraction of sp³-hybridized carbons (Fsp3) is 0.500. The largest absolute Gasteiger partial charge is 0.389 e. The van der Waals surface area contributed by atoms with Crippen LogP contribution in [-0.4, -0.2) is 48.5 Å².